The van der Waals surface area contributed by atoms with E-state index in [4.69, 9.17) is 5.11 Å². The second kappa shape index (κ2) is 4.65. The fourth-order valence-electron chi connectivity index (χ4n) is 2.27. The lowest BCUT2D eigenvalue weighted by Crippen LogP contribution is -1.98. The van der Waals surface area contributed by atoms with Crippen molar-refractivity contribution >= 4 is 27.8 Å². The third-order valence-corrected chi connectivity index (χ3v) is 3.18. The highest BCUT2D eigenvalue weighted by Crippen LogP contribution is 2.24. The number of rotatable bonds is 3. The molecule has 1 N–H and O–H groups in total. The molecular weight excluding hydrogens is 240 g/mol. The first-order chi connectivity index (χ1) is 9.25. The minimum atomic E-state index is -0.788. The molecule has 2 heterocycles. The van der Waals surface area contributed by atoms with Gasteiger partial charge in [0.15, 0.2) is 0 Å². The van der Waals surface area contributed by atoms with Crippen LogP contribution in [0, 0.1) is 0 Å². The number of aliphatic carboxylic acids is 1. The van der Waals surface area contributed by atoms with Crippen LogP contribution in [0.15, 0.2) is 42.7 Å². The van der Waals surface area contributed by atoms with Crippen LogP contribution >= 0.6 is 0 Å². The van der Waals surface area contributed by atoms with E-state index in [1.165, 1.54) is 0 Å². The number of nitrogens with zero attached hydrogens (tertiary/aromatic N) is 2. The summed E-state index contributed by atoms with van der Waals surface area (Å²) in [6, 6.07) is 9.75. The lowest BCUT2D eigenvalue weighted by atomic mass is 10.0. The first kappa shape index (κ1) is 11.6. The van der Waals surface area contributed by atoms with E-state index in [2.05, 4.69) is 9.97 Å². The Hall–Kier alpha value is -2.49. The molecule has 0 atom stereocenters. The van der Waals surface area contributed by atoms with Gasteiger partial charge in [-0.2, -0.15) is 0 Å². The molecule has 4 heteroatoms. The summed E-state index contributed by atoms with van der Waals surface area (Å²) in [7, 11) is 0. The average molecular weight is 252 g/mol. The van der Waals surface area contributed by atoms with Gasteiger partial charge in [-0.3, -0.25) is 14.8 Å². The number of benzene rings is 1. The van der Waals surface area contributed by atoms with Crippen molar-refractivity contribution in [3.8, 4) is 0 Å². The van der Waals surface area contributed by atoms with Crippen LogP contribution in [-0.4, -0.2) is 21.0 Å². The van der Waals surface area contributed by atoms with E-state index in [0.29, 0.717) is 6.42 Å². The topological polar surface area (TPSA) is 63.1 Å². The van der Waals surface area contributed by atoms with Crippen molar-refractivity contribution in [2.24, 2.45) is 0 Å². The Morgan fingerprint density at radius 1 is 1.05 bits per heavy atom. The number of fused-ring (bicyclic) bond motifs is 3. The Morgan fingerprint density at radius 2 is 1.89 bits per heavy atom. The number of pyridine rings is 2. The number of aromatic nitrogens is 2. The van der Waals surface area contributed by atoms with Crippen LogP contribution in [0.1, 0.15) is 12.0 Å². The Kier molecular flexibility index (Phi) is 2.83. The van der Waals surface area contributed by atoms with E-state index in [9.17, 15) is 4.79 Å². The molecule has 0 spiro atoms. The Bertz CT molecular complexity index is 768. The summed E-state index contributed by atoms with van der Waals surface area (Å²) in [5, 5.41) is 10.8. The van der Waals surface area contributed by atoms with Gasteiger partial charge in [0.25, 0.3) is 0 Å². The molecule has 2 aromatic heterocycles. The van der Waals surface area contributed by atoms with Crippen molar-refractivity contribution in [2.45, 2.75) is 12.8 Å². The average Bonchev–Trinajstić information content (AvgIpc) is 2.44. The smallest absolute Gasteiger partial charge is 0.303 e. The maximum atomic E-state index is 10.7. The number of carboxylic acid groups (broad SMARTS) is 1. The second-order valence-electron chi connectivity index (χ2n) is 4.40. The van der Waals surface area contributed by atoms with Crippen molar-refractivity contribution < 1.29 is 9.90 Å². The minimum Gasteiger partial charge on any atom is -0.481 e. The predicted molar refractivity (Wildman–Crippen MR) is 73.0 cm³/mol. The molecule has 0 saturated heterocycles. The zero-order valence-corrected chi connectivity index (χ0v) is 10.2. The molecule has 3 rings (SSSR count). The fourth-order valence-corrected chi connectivity index (χ4v) is 2.27. The number of carboxylic acids is 1. The minimum absolute atomic E-state index is 0.124. The Morgan fingerprint density at radius 3 is 2.74 bits per heavy atom. The van der Waals surface area contributed by atoms with Gasteiger partial charge < -0.3 is 5.11 Å². The van der Waals surface area contributed by atoms with E-state index in [1.54, 1.807) is 12.4 Å². The highest BCUT2D eigenvalue weighted by atomic mass is 16.4. The molecule has 0 bridgehead atoms. The van der Waals surface area contributed by atoms with Crippen LogP contribution in [0.5, 0.6) is 0 Å². The summed E-state index contributed by atoms with van der Waals surface area (Å²) in [6.45, 7) is 0. The lowest BCUT2D eigenvalue weighted by Gasteiger charge is -2.06. The molecule has 0 aliphatic heterocycles. The SMILES string of the molecule is O=C(O)CCc1ccnc2c1ccc1cccnc12. The molecule has 1 aromatic carbocycles. The van der Waals surface area contributed by atoms with Gasteiger partial charge in [0.05, 0.1) is 11.0 Å². The van der Waals surface area contributed by atoms with E-state index < -0.39 is 5.97 Å². The summed E-state index contributed by atoms with van der Waals surface area (Å²) < 4.78 is 0. The molecule has 0 aliphatic carbocycles. The van der Waals surface area contributed by atoms with Gasteiger partial charge in [0.2, 0.25) is 0 Å². The van der Waals surface area contributed by atoms with Crippen molar-refractivity contribution in [1.82, 2.24) is 9.97 Å². The quantitative estimate of drug-likeness (QED) is 0.728. The second-order valence-corrected chi connectivity index (χ2v) is 4.40. The van der Waals surface area contributed by atoms with Gasteiger partial charge in [0.1, 0.15) is 0 Å². The first-order valence-corrected chi connectivity index (χ1v) is 6.09. The van der Waals surface area contributed by atoms with Crippen LogP contribution in [0.2, 0.25) is 0 Å². The number of hydrogen-bond acceptors (Lipinski definition) is 3. The molecule has 0 amide bonds. The van der Waals surface area contributed by atoms with Gasteiger partial charge in [-0.05, 0) is 24.1 Å². The van der Waals surface area contributed by atoms with Crippen LogP contribution in [-0.2, 0) is 11.2 Å². The van der Waals surface area contributed by atoms with Crippen molar-refractivity contribution in [1.29, 1.82) is 0 Å². The Balaban J connectivity index is 2.20. The number of hydrogen-bond donors (Lipinski definition) is 1. The normalized spacial score (nSPS) is 10.9. The van der Waals surface area contributed by atoms with Gasteiger partial charge in [-0.15, -0.1) is 0 Å². The Labute approximate surface area is 109 Å². The van der Waals surface area contributed by atoms with E-state index in [1.807, 2.05) is 30.3 Å². The number of aryl methyl sites for hydroxylation is 1. The zero-order valence-electron chi connectivity index (χ0n) is 10.2. The zero-order chi connectivity index (χ0) is 13.2. The van der Waals surface area contributed by atoms with Crippen LogP contribution < -0.4 is 0 Å². The highest BCUT2D eigenvalue weighted by molar-refractivity contribution is 6.03. The highest BCUT2D eigenvalue weighted by Gasteiger charge is 2.07. The standard InChI is InChI=1S/C15H12N2O2/c18-13(19)6-4-10-7-9-17-15-12(10)5-3-11-2-1-8-16-14(11)15/h1-3,5,7-9H,4,6H2,(H,18,19). The lowest BCUT2D eigenvalue weighted by molar-refractivity contribution is -0.136. The molecule has 4 nitrogen and oxygen atoms in total. The maximum Gasteiger partial charge on any atom is 0.303 e. The molecule has 94 valence electrons. The van der Waals surface area contributed by atoms with E-state index >= 15 is 0 Å². The summed E-state index contributed by atoms with van der Waals surface area (Å²) in [6.07, 6.45) is 4.09. The summed E-state index contributed by atoms with van der Waals surface area (Å²) in [4.78, 5) is 19.4. The van der Waals surface area contributed by atoms with Gasteiger partial charge in [-0.25, -0.2) is 0 Å². The third kappa shape index (κ3) is 2.12. The molecule has 19 heavy (non-hydrogen) atoms. The van der Waals surface area contributed by atoms with Gasteiger partial charge in [-0.1, -0.05) is 18.2 Å². The van der Waals surface area contributed by atoms with Crippen LogP contribution in [0.25, 0.3) is 21.8 Å². The summed E-state index contributed by atoms with van der Waals surface area (Å²) in [5.74, 6) is -0.788. The van der Waals surface area contributed by atoms with Crippen molar-refractivity contribution in [3.63, 3.8) is 0 Å². The van der Waals surface area contributed by atoms with Gasteiger partial charge >= 0.3 is 5.97 Å². The largest absolute Gasteiger partial charge is 0.481 e. The molecule has 3 aromatic rings. The fraction of sp³-hybridized carbons (Fsp3) is 0.133. The van der Waals surface area contributed by atoms with Gasteiger partial charge in [0, 0.05) is 29.6 Å². The summed E-state index contributed by atoms with van der Waals surface area (Å²) in [5.41, 5.74) is 2.69. The molecule has 0 saturated carbocycles. The molecule has 0 unspecified atom stereocenters. The molecule has 0 fully saturated rings. The predicted octanol–water partition coefficient (Wildman–Crippen LogP) is 2.80. The van der Waals surface area contributed by atoms with E-state index in [0.717, 1.165) is 27.4 Å². The van der Waals surface area contributed by atoms with Crippen molar-refractivity contribution in [2.75, 3.05) is 0 Å². The van der Waals surface area contributed by atoms with Crippen LogP contribution in [0.4, 0.5) is 0 Å². The monoisotopic (exact) mass is 252 g/mol. The number of carbonyl (C=O) groups is 1. The first-order valence-electron chi connectivity index (χ1n) is 6.09. The van der Waals surface area contributed by atoms with Crippen LogP contribution in [0.3, 0.4) is 0 Å². The van der Waals surface area contributed by atoms with Crippen molar-refractivity contribution in [3.05, 3.63) is 48.3 Å². The maximum absolute atomic E-state index is 10.7. The molecule has 0 aliphatic rings. The summed E-state index contributed by atoms with van der Waals surface area (Å²) >= 11 is 0. The molecular formula is C15H12N2O2. The molecule has 0 radical (unpaired) electrons. The third-order valence-electron chi connectivity index (χ3n) is 3.18. The van der Waals surface area contributed by atoms with E-state index in [-0.39, 0.29) is 6.42 Å².